The second-order valence-corrected chi connectivity index (χ2v) is 6.73. The Labute approximate surface area is 152 Å². The number of nitrogens with one attached hydrogen (secondary N) is 1. The number of carbonyl (C=O) groups excluding carboxylic acids is 1. The Morgan fingerprint density at radius 2 is 1.81 bits per heavy atom. The Balaban J connectivity index is 1.63. The predicted octanol–water partition coefficient (Wildman–Crippen LogP) is 1.92. The van der Waals surface area contributed by atoms with Gasteiger partial charge in [0.25, 0.3) is 0 Å². The summed E-state index contributed by atoms with van der Waals surface area (Å²) in [6.45, 7) is 2.09. The molecule has 1 aliphatic heterocycles. The van der Waals surface area contributed by atoms with Crippen molar-refractivity contribution < 1.29 is 14.7 Å². The lowest BCUT2D eigenvalue weighted by Crippen LogP contribution is -2.47. The molecule has 3 rings (SSSR count). The molecule has 1 fully saturated rings. The topological polar surface area (TPSA) is 82.5 Å². The highest BCUT2D eigenvalue weighted by atomic mass is 16.4. The van der Waals surface area contributed by atoms with Crippen LogP contribution in [-0.2, 0) is 22.7 Å². The van der Waals surface area contributed by atoms with Gasteiger partial charge in [-0.25, -0.2) is 0 Å². The van der Waals surface area contributed by atoms with Crippen LogP contribution >= 0.6 is 0 Å². The molecule has 1 saturated heterocycles. The third-order valence-electron chi connectivity index (χ3n) is 4.68. The number of pyridine rings is 1. The van der Waals surface area contributed by atoms with Crippen LogP contribution in [0.4, 0.5) is 0 Å². The first-order valence-corrected chi connectivity index (χ1v) is 8.77. The number of carboxylic acids is 1. The minimum absolute atomic E-state index is 0.0992. The van der Waals surface area contributed by atoms with Crippen molar-refractivity contribution in [1.29, 1.82) is 0 Å². The summed E-state index contributed by atoms with van der Waals surface area (Å²) in [4.78, 5) is 30.2. The van der Waals surface area contributed by atoms with E-state index >= 15 is 0 Å². The van der Waals surface area contributed by atoms with Crippen LogP contribution in [0.5, 0.6) is 0 Å². The average Bonchev–Trinajstić information content (AvgIpc) is 2.67. The maximum absolute atomic E-state index is 12.6. The van der Waals surface area contributed by atoms with E-state index in [1.54, 1.807) is 12.4 Å². The molecule has 26 heavy (non-hydrogen) atoms. The first-order chi connectivity index (χ1) is 12.6. The zero-order chi connectivity index (χ0) is 18.4. The Morgan fingerprint density at radius 1 is 1.08 bits per heavy atom. The first-order valence-electron chi connectivity index (χ1n) is 8.77. The van der Waals surface area contributed by atoms with Crippen molar-refractivity contribution in [2.45, 2.75) is 19.5 Å². The number of aliphatic carboxylic acids is 1. The molecule has 2 atom stereocenters. The molecule has 2 N–H and O–H groups in total. The Kier molecular flexibility index (Phi) is 5.96. The van der Waals surface area contributed by atoms with Crippen LogP contribution in [0.25, 0.3) is 0 Å². The second-order valence-electron chi connectivity index (χ2n) is 6.73. The maximum Gasteiger partial charge on any atom is 0.307 e. The van der Waals surface area contributed by atoms with Gasteiger partial charge in [-0.2, -0.15) is 0 Å². The molecular formula is C20H23N3O3. The Morgan fingerprint density at radius 3 is 2.50 bits per heavy atom. The number of amides is 1. The summed E-state index contributed by atoms with van der Waals surface area (Å²) in [7, 11) is 0. The summed E-state index contributed by atoms with van der Waals surface area (Å²) in [5.41, 5.74) is 2.04. The maximum atomic E-state index is 12.6. The summed E-state index contributed by atoms with van der Waals surface area (Å²) in [6.07, 6.45) is 3.77. The SMILES string of the molecule is O=C(O)C1CC(C(=O)NCc2cccnc2)CN(Cc2ccccc2)C1. The van der Waals surface area contributed by atoms with E-state index in [1.165, 1.54) is 0 Å². The number of hydrogen-bond donors (Lipinski definition) is 2. The third-order valence-corrected chi connectivity index (χ3v) is 4.68. The number of benzene rings is 1. The van der Waals surface area contributed by atoms with Crippen LogP contribution in [0.1, 0.15) is 17.5 Å². The summed E-state index contributed by atoms with van der Waals surface area (Å²) in [5.74, 6) is -1.79. The van der Waals surface area contributed by atoms with Gasteiger partial charge in [0, 0.05) is 38.6 Å². The normalized spacial score (nSPS) is 20.5. The van der Waals surface area contributed by atoms with E-state index in [0.717, 1.165) is 11.1 Å². The highest BCUT2D eigenvalue weighted by molar-refractivity contribution is 5.80. The lowest BCUT2D eigenvalue weighted by molar-refractivity contribution is -0.145. The van der Waals surface area contributed by atoms with Crippen molar-refractivity contribution >= 4 is 11.9 Å². The zero-order valence-corrected chi connectivity index (χ0v) is 14.5. The number of likely N-dealkylation sites (tertiary alicyclic amines) is 1. The lowest BCUT2D eigenvalue weighted by atomic mass is 9.88. The van der Waals surface area contributed by atoms with E-state index in [0.29, 0.717) is 32.6 Å². The van der Waals surface area contributed by atoms with Gasteiger partial charge in [0.05, 0.1) is 11.8 Å². The standard InChI is InChI=1S/C20H23N3O3/c24-19(22-11-16-7-4-8-21-10-16)17-9-18(20(25)26)14-23(13-17)12-15-5-2-1-3-6-15/h1-8,10,17-18H,9,11-14H2,(H,22,24)(H,25,26). The molecule has 0 spiro atoms. The van der Waals surface area contributed by atoms with Crippen molar-refractivity contribution in [3.8, 4) is 0 Å². The second kappa shape index (κ2) is 8.58. The van der Waals surface area contributed by atoms with E-state index in [4.69, 9.17) is 0 Å². The zero-order valence-electron chi connectivity index (χ0n) is 14.5. The molecule has 2 aromatic rings. The number of rotatable bonds is 6. The van der Waals surface area contributed by atoms with Crippen LogP contribution < -0.4 is 5.32 Å². The highest BCUT2D eigenvalue weighted by Gasteiger charge is 2.34. The van der Waals surface area contributed by atoms with Crippen molar-refractivity contribution in [3.63, 3.8) is 0 Å². The molecule has 0 radical (unpaired) electrons. The number of hydrogen-bond acceptors (Lipinski definition) is 4. The van der Waals surface area contributed by atoms with E-state index < -0.39 is 11.9 Å². The van der Waals surface area contributed by atoms with Gasteiger partial charge in [-0.3, -0.25) is 19.5 Å². The average molecular weight is 353 g/mol. The summed E-state index contributed by atoms with van der Waals surface area (Å²) in [5, 5.41) is 12.4. The van der Waals surface area contributed by atoms with Gasteiger partial charge >= 0.3 is 5.97 Å². The molecule has 6 nitrogen and oxygen atoms in total. The molecule has 136 valence electrons. The molecule has 1 amide bonds. The van der Waals surface area contributed by atoms with Gasteiger partial charge in [0.15, 0.2) is 0 Å². The van der Waals surface area contributed by atoms with Crippen molar-refractivity contribution in [3.05, 3.63) is 66.0 Å². The minimum atomic E-state index is -0.840. The Hall–Kier alpha value is -2.73. The summed E-state index contributed by atoms with van der Waals surface area (Å²) < 4.78 is 0. The van der Waals surface area contributed by atoms with E-state index in [2.05, 4.69) is 15.2 Å². The van der Waals surface area contributed by atoms with E-state index in [1.807, 2.05) is 42.5 Å². The van der Waals surface area contributed by atoms with Crippen molar-refractivity contribution in [1.82, 2.24) is 15.2 Å². The van der Waals surface area contributed by atoms with Gasteiger partial charge in [-0.1, -0.05) is 36.4 Å². The molecule has 2 heterocycles. The number of carboxylic acid groups (broad SMARTS) is 1. The smallest absolute Gasteiger partial charge is 0.307 e. The van der Waals surface area contributed by atoms with Crippen molar-refractivity contribution in [2.24, 2.45) is 11.8 Å². The molecule has 1 aromatic carbocycles. The lowest BCUT2D eigenvalue weighted by Gasteiger charge is -2.35. The first kappa shape index (κ1) is 18.1. The number of carbonyl (C=O) groups is 2. The fraction of sp³-hybridized carbons (Fsp3) is 0.350. The van der Waals surface area contributed by atoms with Crippen molar-refractivity contribution in [2.75, 3.05) is 13.1 Å². The van der Waals surface area contributed by atoms with E-state index in [-0.39, 0.29) is 11.8 Å². The van der Waals surface area contributed by atoms with E-state index in [9.17, 15) is 14.7 Å². The Bertz CT molecular complexity index is 736. The van der Waals surface area contributed by atoms with Gasteiger partial charge in [-0.15, -0.1) is 0 Å². The predicted molar refractivity (Wildman–Crippen MR) is 97.0 cm³/mol. The minimum Gasteiger partial charge on any atom is -0.481 e. The molecular weight excluding hydrogens is 330 g/mol. The monoisotopic (exact) mass is 353 g/mol. The number of nitrogens with zero attached hydrogens (tertiary/aromatic N) is 2. The molecule has 1 aromatic heterocycles. The van der Waals surface area contributed by atoms with Crippen LogP contribution in [0.3, 0.4) is 0 Å². The molecule has 2 unspecified atom stereocenters. The molecule has 0 saturated carbocycles. The van der Waals surface area contributed by atoms with Crippen LogP contribution in [0.15, 0.2) is 54.9 Å². The fourth-order valence-corrected chi connectivity index (χ4v) is 3.37. The van der Waals surface area contributed by atoms with Crippen LogP contribution in [0, 0.1) is 11.8 Å². The van der Waals surface area contributed by atoms with Gasteiger partial charge < -0.3 is 10.4 Å². The number of piperidine rings is 1. The largest absolute Gasteiger partial charge is 0.481 e. The fourth-order valence-electron chi connectivity index (χ4n) is 3.37. The third kappa shape index (κ3) is 4.89. The molecule has 6 heteroatoms. The van der Waals surface area contributed by atoms with Gasteiger partial charge in [-0.05, 0) is 23.6 Å². The van der Waals surface area contributed by atoms with Gasteiger partial charge in [0.2, 0.25) is 5.91 Å². The molecule has 0 bridgehead atoms. The molecule has 1 aliphatic rings. The highest BCUT2D eigenvalue weighted by Crippen LogP contribution is 2.24. The summed E-state index contributed by atoms with van der Waals surface area (Å²) >= 11 is 0. The number of aromatic nitrogens is 1. The molecule has 0 aliphatic carbocycles. The van der Waals surface area contributed by atoms with Gasteiger partial charge in [0.1, 0.15) is 0 Å². The summed E-state index contributed by atoms with van der Waals surface area (Å²) in [6, 6.07) is 13.6. The quantitative estimate of drug-likeness (QED) is 0.829. The van der Waals surface area contributed by atoms with Crippen LogP contribution in [0.2, 0.25) is 0 Å². The van der Waals surface area contributed by atoms with Crippen LogP contribution in [-0.4, -0.2) is 40.0 Å².